The second-order valence-corrected chi connectivity index (χ2v) is 5.69. The molecule has 1 heterocycles. The van der Waals surface area contributed by atoms with Gasteiger partial charge in [-0.2, -0.15) is 0 Å². The van der Waals surface area contributed by atoms with Gasteiger partial charge in [0.15, 0.2) is 0 Å². The fraction of sp³-hybridized carbons (Fsp3) is 0.294. The Morgan fingerprint density at radius 2 is 1.50 bits per heavy atom. The molecule has 2 aromatic rings. The Labute approximate surface area is 124 Å². The van der Waals surface area contributed by atoms with Crippen LogP contribution in [0.2, 0.25) is 0 Å². The van der Waals surface area contributed by atoms with Crippen molar-refractivity contribution in [2.75, 3.05) is 19.0 Å². The van der Waals surface area contributed by atoms with Crippen LogP contribution in [0.4, 0.5) is 0 Å². The van der Waals surface area contributed by atoms with Crippen LogP contribution in [0.5, 0.6) is 0 Å². The van der Waals surface area contributed by atoms with Gasteiger partial charge < -0.3 is 10.3 Å². The topological polar surface area (TPSA) is 26.3 Å². The lowest BCUT2D eigenvalue weighted by atomic mass is 9.68. The number of alkyl halides is 1. The van der Waals surface area contributed by atoms with Crippen LogP contribution in [-0.2, 0) is 5.41 Å². The minimum Gasteiger partial charge on any atom is -0.785 e. The van der Waals surface area contributed by atoms with E-state index in [0.717, 1.165) is 5.06 Å². The smallest absolute Gasteiger partial charge is 0.0371 e. The minimum atomic E-state index is -0.300. The van der Waals surface area contributed by atoms with E-state index >= 15 is 0 Å². The first-order chi connectivity index (χ1) is 9.77. The first kappa shape index (κ1) is 13.6. The zero-order valence-corrected chi connectivity index (χ0v) is 12.0. The highest BCUT2D eigenvalue weighted by Crippen LogP contribution is 2.44. The maximum absolute atomic E-state index is 12.0. The minimum absolute atomic E-state index is 0.131. The van der Waals surface area contributed by atoms with Crippen molar-refractivity contribution < 1.29 is 0 Å². The summed E-state index contributed by atoms with van der Waals surface area (Å²) in [5.41, 5.74) is 2.05. The zero-order chi connectivity index (χ0) is 14.0. The molecule has 3 rings (SSSR count). The Balaban J connectivity index is 2.18. The predicted octanol–water partition coefficient (Wildman–Crippen LogP) is 3.64. The molecule has 1 fully saturated rings. The van der Waals surface area contributed by atoms with E-state index in [4.69, 9.17) is 11.6 Å². The van der Waals surface area contributed by atoms with Gasteiger partial charge in [0.2, 0.25) is 0 Å². The SMILES string of the molecule is [O-]N1CC(CCl)C(c2ccccc2)(c2ccccc2)C1. The fourth-order valence-electron chi connectivity index (χ4n) is 3.35. The summed E-state index contributed by atoms with van der Waals surface area (Å²) in [5.74, 6) is 0.620. The van der Waals surface area contributed by atoms with E-state index in [-0.39, 0.29) is 11.3 Å². The van der Waals surface area contributed by atoms with E-state index in [1.165, 1.54) is 11.1 Å². The summed E-state index contributed by atoms with van der Waals surface area (Å²) in [6, 6.07) is 20.5. The summed E-state index contributed by atoms with van der Waals surface area (Å²) in [6.45, 7) is 0.964. The van der Waals surface area contributed by atoms with Gasteiger partial charge in [0, 0.05) is 11.3 Å². The normalized spacial score (nSPS) is 22.0. The molecule has 0 spiro atoms. The van der Waals surface area contributed by atoms with E-state index in [9.17, 15) is 5.21 Å². The van der Waals surface area contributed by atoms with Gasteiger partial charge in [0.25, 0.3) is 0 Å². The Morgan fingerprint density at radius 1 is 1.00 bits per heavy atom. The zero-order valence-electron chi connectivity index (χ0n) is 11.2. The molecule has 1 saturated heterocycles. The van der Waals surface area contributed by atoms with E-state index in [1.807, 2.05) is 36.4 Å². The Bertz CT molecular complexity index is 518. The van der Waals surface area contributed by atoms with Gasteiger partial charge in [0.1, 0.15) is 0 Å². The van der Waals surface area contributed by atoms with Crippen LogP contribution < -0.4 is 0 Å². The Kier molecular flexibility index (Phi) is 3.79. The maximum atomic E-state index is 12.0. The second-order valence-electron chi connectivity index (χ2n) is 5.38. The monoisotopic (exact) mass is 286 g/mol. The molecule has 0 aliphatic carbocycles. The lowest BCUT2D eigenvalue weighted by Crippen LogP contribution is -2.37. The van der Waals surface area contributed by atoms with Gasteiger partial charge in [-0.15, -0.1) is 11.6 Å². The quantitative estimate of drug-likeness (QED) is 0.805. The van der Waals surface area contributed by atoms with Gasteiger partial charge in [0.05, 0.1) is 0 Å². The standard InChI is InChI=1S/C17H17ClNO/c18-11-16-12-19(20)13-17(16,14-7-3-1-4-8-14)15-9-5-2-6-10-15/h1-10,16H,11-13H2/q-1. The Hall–Kier alpha value is -1.35. The van der Waals surface area contributed by atoms with Crippen molar-refractivity contribution in [2.24, 2.45) is 5.92 Å². The van der Waals surface area contributed by atoms with E-state index < -0.39 is 0 Å². The highest BCUT2D eigenvalue weighted by Gasteiger charge is 2.45. The van der Waals surface area contributed by atoms with Crippen molar-refractivity contribution >= 4 is 11.6 Å². The average molecular weight is 287 g/mol. The van der Waals surface area contributed by atoms with E-state index in [2.05, 4.69) is 24.3 Å². The second kappa shape index (κ2) is 5.57. The third-order valence-electron chi connectivity index (χ3n) is 4.31. The van der Waals surface area contributed by atoms with Crippen LogP contribution in [0.15, 0.2) is 60.7 Å². The molecule has 1 aliphatic heterocycles. The summed E-state index contributed by atoms with van der Waals surface area (Å²) >= 11 is 6.19. The molecule has 2 aromatic carbocycles. The highest BCUT2D eigenvalue weighted by molar-refractivity contribution is 6.18. The van der Waals surface area contributed by atoms with Crippen LogP contribution in [0.1, 0.15) is 11.1 Å². The molecule has 0 bridgehead atoms. The molecular formula is C17H17ClNO-. The number of nitrogens with zero attached hydrogens (tertiary/aromatic N) is 1. The molecule has 1 atom stereocenters. The third-order valence-corrected chi connectivity index (χ3v) is 4.68. The average Bonchev–Trinajstić information content (AvgIpc) is 2.87. The molecule has 0 saturated carbocycles. The molecule has 0 aromatic heterocycles. The van der Waals surface area contributed by atoms with Crippen molar-refractivity contribution in [1.29, 1.82) is 0 Å². The number of hydrogen-bond donors (Lipinski definition) is 0. The lowest BCUT2D eigenvalue weighted by Gasteiger charge is -2.36. The first-order valence-electron chi connectivity index (χ1n) is 6.86. The fourth-order valence-corrected chi connectivity index (χ4v) is 3.71. The van der Waals surface area contributed by atoms with Crippen LogP contribution in [-0.4, -0.2) is 24.0 Å². The maximum Gasteiger partial charge on any atom is 0.0371 e. The molecular weight excluding hydrogens is 270 g/mol. The lowest BCUT2D eigenvalue weighted by molar-refractivity contribution is 0.429. The number of rotatable bonds is 3. The predicted molar refractivity (Wildman–Crippen MR) is 82.8 cm³/mol. The van der Waals surface area contributed by atoms with Crippen LogP contribution in [0.25, 0.3) is 0 Å². The van der Waals surface area contributed by atoms with Gasteiger partial charge in [-0.1, -0.05) is 60.7 Å². The molecule has 0 radical (unpaired) electrons. The molecule has 1 aliphatic rings. The van der Waals surface area contributed by atoms with Gasteiger partial charge in [-0.3, -0.25) is 0 Å². The highest BCUT2D eigenvalue weighted by atomic mass is 35.5. The summed E-state index contributed by atoms with van der Waals surface area (Å²) in [4.78, 5) is 0. The summed E-state index contributed by atoms with van der Waals surface area (Å²) in [6.07, 6.45) is 0. The van der Waals surface area contributed by atoms with Crippen molar-refractivity contribution in [3.8, 4) is 0 Å². The molecule has 0 N–H and O–H groups in total. The van der Waals surface area contributed by atoms with Crippen LogP contribution in [0, 0.1) is 11.1 Å². The molecule has 104 valence electrons. The molecule has 20 heavy (non-hydrogen) atoms. The number of hydrogen-bond acceptors (Lipinski definition) is 2. The molecule has 2 nitrogen and oxygen atoms in total. The van der Waals surface area contributed by atoms with Crippen molar-refractivity contribution in [2.45, 2.75) is 5.41 Å². The van der Waals surface area contributed by atoms with Crippen molar-refractivity contribution in [3.05, 3.63) is 77.0 Å². The van der Waals surface area contributed by atoms with Gasteiger partial charge >= 0.3 is 0 Å². The summed E-state index contributed by atoms with van der Waals surface area (Å²) < 4.78 is 0. The van der Waals surface area contributed by atoms with Gasteiger partial charge in [-0.25, -0.2) is 0 Å². The van der Waals surface area contributed by atoms with Crippen LogP contribution >= 0.6 is 11.6 Å². The van der Waals surface area contributed by atoms with Gasteiger partial charge in [-0.05, 0) is 30.1 Å². The number of hydroxylamine groups is 2. The Morgan fingerprint density at radius 3 is 1.95 bits per heavy atom. The van der Waals surface area contributed by atoms with E-state index in [1.54, 1.807) is 0 Å². The summed E-state index contributed by atoms with van der Waals surface area (Å²) in [7, 11) is 0. The summed E-state index contributed by atoms with van der Waals surface area (Å²) in [5, 5.41) is 13.2. The first-order valence-corrected chi connectivity index (χ1v) is 7.40. The molecule has 0 amide bonds. The largest absolute Gasteiger partial charge is 0.785 e. The third kappa shape index (κ3) is 2.14. The molecule has 1 unspecified atom stereocenters. The number of benzene rings is 2. The van der Waals surface area contributed by atoms with Crippen molar-refractivity contribution in [1.82, 2.24) is 5.06 Å². The van der Waals surface area contributed by atoms with Crippen molar-refractivity contribution in [3.63, 3.8) is 0 Å². The number of halogens is 1. The van der Waals surface area contributed by atoms with E-state index in [0.29, 0.717) is 19.0 Å². The van der Waals surface area contributed by atoms with Crippen LogP contribution in [0.3, 0.4) is 0 Å². The molecule has 3 heteroatoms.